The van der Waals surface area contributed by atoms with Crippen LogP contribution in [-0.4, -0.2) is 85.4 Å². The van der Waals surface area contributed by atoms with Gasteiger partial charge in [-0.25, -0.2) is 4.79 Å². The SMILES string of the molecule is C=CCNC(=O)C(=O)C(CCCC)NC(=O)[C@@H]1[C@@H](C(C)C)CCN1C(=O)[C@@H](NC(=O)N[C@H](COC)C(C)(C)C)C1(C)CCCCC1. The Kier molecular flexibility index (Phi) is 15.2. The summed E-state index contributed by atoms with van der Waals surface area (Å²) in [6, 6.07) is -3.42. The van der Waals surface area contributed by atoms with E-state index in [1.807, 2.05) is 41.5 Å². The lowest BCUT2D eigenvalue weighted by molar-refractivity contribution is -0.145. The maximum atomic E-state index is 14.6. The molecular formula is C35H61N5O6. The van der Waals surface area contributed by atoms with Crippen molar-refractivity contribution in [2.75, 3.05) is 26.8 Å². The number of nitrogens with zero attached hydrogens (tertiary/aromatic N) is 1. The number of carbonyl (C=O) groups excluding carboxylic acids is 5. The van der Waals surface area contributed by atoms with Crippen molar-refractivity contribution < 1.29 is 28.7 Å². The molecule has 2 rings (SSSR count). The second kappa shape index (κ2) is 17.8. The quantitative estimate of drug-likeness (QED) is 0.147. The predicted octanol–water partition coefficient (Wildman–Crippen LogP) is 4.11. The Hall–Kier alpha value is -2.95. The molecule has 46 heavy (non-hydrogen) atoms. The highest BCUT2D eigenvalue weighted by Crippen LogP contribution is 2.41. The number of unbranched alkanes of at least 4 members (excludes halogenated alkanes) is 1. The molecule has 0 bridgehead atoms. The fraction of sp³-hybridized carbons (Fsp3) is 0.800. The van der Waals surface area contributed by atoms with Gasteiger partial charge in [0.25, 0.3) is 5.91 Å². The molecule has 4 N–H and O–H groups in total. The summed E-state index contributed by atoms with van der Waals surface area (Å²) in [7, 11) is 1.59. The molecule has 1 aliphatic carbocycles. The Morgan fingerprint density at radius 1 is 1.04 bits per heavy atom. The largest absolute Gasteiger partial charge is 0.383 e. The van der Waals surface area contributed by atoms with Crippen LogP contribution in [-0.2, 0) is 23.9 Å². The molecule has 1 unspecified atom stereocenters. The van der Waals surface area contributed by atoms with Crippen LogP contribution in [0.4, 0.5) is 4.79 Å². The van der Waals surface area contributed by atoms with Crippen LogP contribution in [0.15, 0.2) is 12.7 Å². The maximum absolute atomic E-state index is 14.6. The van der Waals surface area contributed by atoms with E-state index < -0.39 is 47.2 Å². The van der Waals surface area contributed by atoms with Crippen molar-refractivity contribution >= 4 is 29.5 Å². The van der Waals surface area contributed by atoms with Gasteiger partial charge in [-0.2, -0.15) is 0 Å². The zero-order valence-electron chi connectivity index (χ0n) is 29.6. The van der Waals surface area contributed by atoms with Gasteiger partial charge >= 0.3 is 6.03 Å². The molecule has 2 aliphatic rings. The number of hydrogen-bond donors (Lipinski definition) is 4. The molecule has 1 saturated carbocycles. The van der Waals surface area contributed by atoms with Crippen LogP contribution in [0.2, 0.25) is 0 Å². The van der Waals surface area contributed by atoms with Gasteiger partial charge in [-0.3, -0.25) is 19.2 Å². The number of rotatable bonds is 16. The van der Waals surface area contributed by atoms with Gasteiger partial charge in [0.05, 0.1) is 18.7 Å². The van der Waals surface area contributed by atoms with Gasteiger partial charge in [-0.15, -0.1) is 6.58 Å². The normalized spacial score (nSPS) is 21.5. The van der Waals surface area contributed by atoms with Crippen LogP contribution in [0.3, 0.4) is 0 Å². The third-order valence-corrected chi connectivity index (χ3v) is 9.86. The van der Waals surface area contributed by atoms with Crippen molar-refractivity contribution in [3.05, 3.63) is 12.7 Å². The first-order valence-corrected chi connectivity index (χ1v) is 17.2. The molecule has 0 spiro atoms. The fourth-order valence-electron chi connectivity index (χ4n) is 6.80. The third kappa shape index (κ3) is 10.5. The minimum atomic E-state index is -1.01. The molecule has 0 aromatic rings. The van der Waals surface area contributed by atoms with Crippen molar-refractivity contribution in [1.82, 2.24) is 26.2 Å². The first kappa shape index (κ1) is 39.2. The van der Waals surface area contributed by atoms with Crippen LogP contribution in [0.1, 0.15) is 106 Å². The molecular weight excluding hydrogens is 586 g/mol. The van der Waals surface area contributed by atoms with E-state index in [2.05, 4.69) is 34.8 Å². The maximum Gasteiger partial charge on any atom is 0.315 e. The summed E-state index contributed by atoms with van der Waals surface area (Å²) in [5.41, 5.74) is -0.774. The topological polar surface area (TPSA) is 146 Å². The van der Waals surface area contributed by atoms with E-state index >= 15 is 0 Å². The molecule has 262 valence electrons. The van der Waals surface area contributed by atoms with E-state index in [9.17, 15) is 24.0 Å². The number of carbonyl (C=O) groups is 5. The van der Waals surface area contributed by atoms with Crippen molar-refractivity contribution in [2.45, 2.75) is 130 Å². The molecule has 11 heteroatoms. The molecule has 11 nitrogen and oxygen atoms in total. The molecule has 0 aromatic heterocycles. The predicted molar refractivity (Wildman–Crippen MR) is 180 cm³/mol. The molecule has 1 saturated heterocycles. The lowest BCUT2D eigenvalue weighted by Gasteiger charge is -2.43. The van der Waals surface area contributed by atoms with Crippen LogP contribution < -0.4 is 21.3 Å². The second-order valence-electron chi connectivity index (χ2n) is 14.9. The molecule has 1 heterocycles. The third-order valence-electron chi connectivity index (χ3n) is 9.86. The Morgan fingerprint density at radius 3 is 2.24 bits per heavy atom. The van der Waals surface area contributed by atoms with Crippen molar-refractivity contribution in [1.29, 1.82) is 0 Å². The fourth-order valence-corrected chi connectivity index (χ4v) is 6.80. The minimum Gasteiger partial charge on any atom is -0.383 e. The monoisotopic (exact) mass is 647 g/mol. The van der Waals surface area contributed by atoms with E-state index in [4.69, 9.17) is 4.74 Å². The number of amides is 5. The van der Waals surface area contributed by atoms with Gasteiger partial charge in [0, 0.05) is 20.2 Å². The van der Waals surface area contributed by atoms with Crippen LogP contribution in [0.25, 0.3) is 0 Å². The van der Waals surface area contributed by atoms with E-state index in [0.717, 1.165) is 38.5 Å². The molecule has 0 aromatic carbocycles. The van der Waals surface area contributed by atoms with Crippen molar-refractivity contribution in [3.63, 3.8) is 0 Å². The number of hydrogen-bond acceptors (Lipinski definition) is 6. The summed E-state index contributed by atoms with van der Waals surface area (Å²) in [5, 5.41) is 11.5. The first-order chi connectivity index (χ1) is 21.6. The van der Waals surface area contributed by atoms with E-state index in [1.165, 1.54) is 6.08 Å². The lowest BCUT2D eigenvalue weighted by atomic mass is 9.70. The minimum absolute atomic E-state index is 0.0794. The highest BCUT2D eigenvalue weighted by atomic mass is 16.5. The van der Waals surface area contributed by atoms with Crippen LogP contribution >= 0.6 is 0 Å². The Bertz CT molecular complexity index is 1060. The average molecular weight is 648 g/mol. The van der Waals surface area contributed by atoms with Gasteiger partial charge in [-0.05, 0) is 48.3 Å². The standard InChI is InChI=1S/C35H61N5O6/c1-10-12-16-25(28(41)31(43)36-20-11-2)37-30(42)27-24(23(3)4)17-21-40(27)32(44)29(35(8)18-14-13-15-19-35)39-33(45)38-26(22-46-9)34(5,6)7/h11,23-27,29H,2,10,12-22H2,1,3-9H3,(H,36,43)(H,37,42)(H2,38,39,45)/t24-,25?,26-,27+,29-/m1/s1. The smallest absolute Gasteiger partial charge is 0.315 e. The summed E-state index contributed by atoms with van der Waals surface area (Å²) in [6.07, 6.45) is 8.36. The van der Waals surface area contributed by atoms with E-state index in [1.54, 1.807) is 12.0 Å². The van der Waals surface area contributed by atoms with Crippen LogP contribution in [0.5, 0.6) is 0 Å². The number of Topliss-reactive ketones (excluding diaryl/α,β-unsaturated/α-hetero) is 1. The number of methoxy groups -OCH3 is 1. The Morgan fingerprint density at radius 2 is 1.70 bits per heavy atom. The summed E-state index contributed by atoms with van der Waals surface area (Å²) in [6.45, 7) is 18.5. The van der Waals surface area contributed by atoms with Gasteiger partial charge in [-0.1, -0.05) is 86.6 Å². The molecule has 5 atom stereocenters. The number of likely N-dealkylation sites (tertiary alicyclic amines) is 1. The number of ether oxygens (including phenoxy) is 1. The van der Waals surface area contributed by atoms with E-state index in [-0.39, 0.29) is 35.7 Å². The van der Waals surface area contributed by atoms with E-state index in [0.29, 0.717) is 32.4 Å². The summed E-state index contributed by atoms with van der Waals surface area (Å²) < 4.78 is 5.37. The van der Waals surface area contributed by atoms with Gasteiger partial charge in [0.2, 0.25) is 17.6 Å². The highest BCUT2D eigenvalue weighted by Gasteiger charge is 2.50. The number of nitrogens with one attached hydrogen (secondary N) is 4. The molecule has 2 fully saturated rings. The lowest BCUT2D eigenvalue weighted by Crippen LogP contribution is -2.63. The molecule has 0 radical (unpaired) electrons. The second-order valence-corrected chi connectivity index (χ2v) is 14.9. The zero-order chi connectivity index (χ0) is 34.7. The summed E-state index contributed by atoms with van der Waals surface area (Å²) in [5.74, 6) is -2.29. The summed E-state index contributed by atoms with van der Waals surface area (Å²) >= 11 is 0. The van der Waals surface area contributed by atoms with Gasteiger partial charge in [0.1, 0.15) is 12.1 Å². The molecule has 1 aliphatic heterocycles. The average Bonchev–Trinajstić information content (AvgIpc) is 3.45. The Labute approximate surface area is 276 Å². The summed E-state index contributed by atoms with van der Waals surface area (Å²) in [4.78, 5) is 69.5. The van der Waals surface area contributed by atoms with Crippen LogP contribution in [0, 0.1) is 22.7 Å². The van der Waals surface area contributed by atoms with Gasteiger partial charge in [0.15, 0.2) is 0 Å². The van der Waals surface area contributed by atoms with Gasteiger partial charge < -0.3 is 30.9 Å². The highest BCUT2D eigenvalue weighted by molar-refractivity contribution is 6.38. The van der Waals surface area contributed by atoms with Crippen molar-refractivity contribution in [2.24, 2.45) is 22.7 Å². The Balaban J connectivity index is 2.42. The molecule has 5 amide bonds. The zero-order valence-corrected chi connectivity index (χ0v) is 29.6. The number of urea groups is 1. The van der Waals surface area contributed by atoms with Crippen molar-refractivity contribution in [3.8, 4) is 0 Å². The number of ketones is 1. The first-order valence-electron chi connectivity index (χ1n) is 17.2.